The summed E-state index contributed by atoms with van der Waals surface area (Å²) >= 11 is 0. The van der Waals surface area contributed by atoms with Gasteiger partial charge in [0, 0.05) is 6.26 Å². The first kappa shape index (κ1) is 13.6. The highest BCUT2D eigenvalue weighted by atomic mass is 32.2. The van der Waals surface area contributed by atoms with Gasteiger partial charge in [0.2, 0.25) is 0 Å². The van der Waals surface area contributed by atoms with Gasteiger partial charge in [-0.3, -0.25) is 0 Å². The first-order valence-electron chi connectivity index (χ1n) is 6.46. The molecule has 0 aromatic heterocycles. The second-order valence-corrected chi connectivity index (χ2v) is 7.20. The van der Waals surface area contributed by atoms with Crippen molar-refractivity contribution in [3.8, 4) is 0 Å². The van der Waals surface area contributed by atoms with E-state index in [0.29, 0.717) is 10.8 Å². The molecule has 0 saturated heterocycles. The summed E-state index contributed by atoms with van der Waals surface area (Å²) in [6, 6.07) is 6.62. The van der Waals surface area contributed by atoms with E-state index in [9.17, 15) is 13.5 Å². The third-order valence-electron chi connectivity index (χ3n) is 3.75. The van der Waals surface area contributed by atoms with Gasteiger partial charge >= 0.3 is 0 Å². The Hall–Kier alpha value is -0.870. The number of hydrogen-bond donors (Lipinski definition) is 1. The molecule has 3 nitrogen and oxygen atoms in total. The summed E-state index contributed by atoms with van der Waals surface area (Å²) < 4.78 is 22.7. The Morgan fingerprint density at radius 1 is 1.11 bits per heavy atom. The van der Waals surface area contributed by atoms with Gasteiger partial charge < -0.3 is 5.11 Å². The van der Waals surface area contributed by atoms with E-state index in [4.69, 9.17) is 0 Å². The van der Waals surface area contributed by atoms with Gasteiger partial charge in [0.25, 0.3) is 0 Å². The highest BCUT2D eigenvalue weighted by molar-refractivity contribution is 7.90. The molecule has 1 fully saturated rings. The van der Waals surface area contributed by atoms with E-state index in [1.807, 2.05) is 0 Å². The fourth-order valence-corrected chi connectivity index (χ4v) is 3.26. The van der Waals surface area contributed by atoms with Crippen LogP contribution < -0.4 is 0 Å². The molecule has 1 aliphatic rings. The first-order valence-corrected chi connectivity index (χ1v) is 8.36. The van der Waals surface area contributed by atoms with Crippen LogP contribution in [0.25, 0.3) is 0 Å². The lowest BCUT2D eigenvalue weighted by atomic mass is 9.83. The molecule has 1 aromatic carbocycles. The molecule has 100 valence electrons. The van der Waals surface area contributed by atoms with E-state index in [1.54, 1.807) is 24.3 Å². The maximum absolute atomic E-state index is 11.4. The standard InChI is InChI=1S/C14H20O3S/c1-18(16,17)13-9-7-12(8-10-13)14(15)11-5-3-2-4-6-11/h7-11,14-15H,2-6H2,1H3. The zero-order valence-electron chi connectivity index (χ0n) is 10.7. The average Bonchev–Trinajstić information content (AvgIpc) is 2.38. The largest absolute Gasteiger partial charge is 0.388 e. The van der Waals surface area contributed by atoms with E-state index in [1.165, 1.54) is 25.5 Å². The zero-order valence-corrected chi connectivity index (χ0v) is 11.5. The van der Waals surface area contributed by atoms with E-state index in [-0.39, 0.29) is 0 Å². The number of sulfone groups is 1. The van der Waals surface area contributed by atoms with Crippen molar-refractivity contribution in [2.45, 2.75) is 43.1 Å². The minimum absolute atomic E-state index is 0.307. The molecule has 1 N–H and O–H groups in total. The maximum Gasteiger partial charge on any atom is 0.175 e. The van der Waals surface area contributed by atoms with Gasteiger partial charge in [-0.1, -0.05) is 31.4 Å². The molecule has 0 heterocycles. The molecule has 2 rings (SSSR count). The molecular formula is C14H20O3S. The molecule has 0 bridgehead atoms. The van der Waals surface area contributed by atoms with Crippen molar-refractivity contribution in [3.63, 3.8) is 0 Å². The Balaban J connectivity index is 2.13. The Kier molecular flexibility index (Phi) is 4.07. The molecule has 1 saturated carbocycles. The summed E-state index contributed by atoms with van der Waals surface area (Å²) in [5, 5.41) is 10.3. The predicted octanol–water partition coefficient (Wildman–Crippen LogP) is 2.70. The van der Waals surface area contributed by atoms with E-state index in [0.717, 1.165) is 18.4 Å². The highest BCUT2D eigenvalue weighted by Gasteiger charge is 2.23. The van der Waals surface area contributed by atoms with Gasteiger partial charge in [-0.25, -0.2) is 8.42 Å². The second-order valence-electron chi connectivity index (χ2n) is 5.18. The normalized spacial score (nSPS) is 19.7. The molecule has 1 unspecified atom stereocenters. The van der Waals surface area contributed by atoms with Crippen molar-refractivity contribution < 1.29 is 13.5 Å². The minimum Gasteiger partial charge on any atom is -0.388 e. The van der Waals surface area contributed by atoms with Crippen LogP contribution in [0.2, 0.25) is 0 Å². The minimum atomic E-state index is -3.15. The summed E-state index contributed by atoms with van der Waals surface area (Å²) in [7, 11) is -3.15. The second kappa shape index (κ2) is 5.41. The van der Waals surface area contributed by atoms with Crippen molar-refractivity contribution in [2.24, 2.45) is 5.92 Å². The first-order chi connectivity index (χ1) is 8.48. The molecule has 18 heavy (non-hydrogen) atoms. The maximum atomic E-state index is 11.4. The number of aliphatic hydroxyl groups is 1. The molecule has 1 atom stereocenters. The van der Waals surface area contributed by atoms with Crippen LogP contribution in [0.5, 0.6) is 0 Å². The topological polar surface area (TPSA) is 54.4 Å². The van der Waals surface area contributed by atoms with Crippen LogP contribution in [0.4, 0.5) is 0 Å². The third kappa shape index (κ3) is 3.12. The Morgan fingerprint density at radius 2 is 1.67 bits per heavy atom. The lowest BCUT2D eigenvalue weighted by Crippen LogP contribution is -2.16. The predicted molar refractivity (Wildman–Crippen MR) is 71.1 cm³/mol. The van der Waals surface area contributed by atoms with Gasteiger partial charge in [-0.05, 0) is 36.5 Å². The van der Waals surface area contributed by atoms with Crippen LogP contribution in [0.1, 0.15) is 43.8 Å². The molecular weight excluding hydrogens is 248 g/mol. The van der Waals surface area contributed by atoms with Crippen LogP contribution in [-0.2, 0) is 9.84 Å². The van der Waals surface area contributed by atoms with Gasteiger partial charge in [-0.2, -0.15) is 0 Å². The van der Waals surface area contributed by atoms with Gasteiger partial charge in [-0.15, -0.1) is 0 Å². The number of hydrogen-bond acceptors (Lipinski definition) is 3. The van der Waals surface area contributed by atoms with Crippen molar-refractivity contribution in [2.75, 3.05) is 6.26 Å². The summed E-state index contributed by atoms with van der Waals surface area (Å²) in [4.78, 5) is 0.307. The summed E-state index contributed by atoms with van der Waals surface area (Å²) in [5.41, 5.74) is 0.828. The van der Waals surface area contributed by atoms with Crippen molar-refractivity contribution >= 4 is 9.84 Å². The van der Waals surface area contributed by atoms with Crippen LogP contribution in [0.3, 0.4) is 0 Å². The van der Waals surface area contributed by atoms with Gasteiger partial charge in [0.05, 0.1) is 11.0 Å². The quantitative estimate of drug-likeness (QED) is 0.917. The lowest BCUT2D eigenvalue weighted by Gasteiger charge is -2.26. The van der Waals surface area contributed by atoms with Crippen molar-refractivity contribution in [1.82, 2.24) is 0 Å². The molecule has 0 amide bonds. The Labute approximate surface area is 109 Å². The summed E-state index contributed by atoms with van der Waals surface area (Å²) in [6.07, 6.45) is 6.49. The molecule has 0 aliphatic heterocycles. The molecule has 4 heteroatoms. The highest BCUT2D eigenvalue weighted by Crippen LogP contribution is 2.34. The zero-order chi connectivity index (χ0) is 13.2. The lowest BCUT2D eigenvalue weighted by molar-refractivity contribution is 0.0848. The fourth-order valence-electron chi connectivity index (χ4n) is 2.63. The van der Waals surface area contributed by atoms with Gasteiger partial charge in [0.15, 0.2) is 9.84 Å². The molecule has 1 aromatic rings. The molecule has 1 aliphatic carbocycles. The fraction of sp³-hybridized carbons (Fsp3) is 0.571. The average molecular weight is 268 g/mol. The SMILES string of the molecule is CS(=O)(=O)c1ccc(C(O)C2CCCCC2)cc1. The van der Waals surface area contributed by atoms with E-state index in [2.05, 4.69) is 0 Å². The summed E-state index contributed by atoms with van der Waals surface area (Å²) in [5.74, 6) is 0.322. The smallest absolute Gasteiger partial charge is 0.175 e. The molecule has 0 radical (unpaired) electrons. The van der Waals surface area contributed by atoms with Crippen molar-refractivity contribution in [1.29, 1.82) is 0 Å². The van der Waals surface area contributed by atoms with Crippen LogP contribution in [-0.4, -0.2) is 19.8 Å². The Morgan fingerprint density at radius 3 is 2.17 bits per heavy atom. The summed E-state index contributed by atoms with van der Waals surface area (Å²) in [6.45, 7) is 0. The van der Waals surface area contributed by atoms with Crippen LogP contribution in [0, 0.1) is 5.92 Å². The van der Waals surface area contributed by atoms with Gasteiger partial charge in [0.1, 0.15) is 0 Å². The van der Waals surface area contributed by atoms with Crippen LogP contribution in [0.15, 0.2) is 29.2 Å². The molecule has 0 spiro atoms. The van der Waals surface area contributed by atoms with E-state index >= 15 is 0 Å². The van der Waals surface area contributed by atoms with E-state index < -0.39 is 15.9 Å². The van der Waals surface area contributed by atoms with Crippen molar-refractivity contribution in [3.05, 3.63) is 29.8 Å². The van der Waals surface area contributed by atoms with Crippen LogP contribution >= 0.6 is 0 Å². The Bertz CT molecular complexity index is 484. The number of rotatable bonds is 3. The monoisotopic (exact) mass is 268 g/mol. The number of benzene rings is 1. The number of aliphatic hydroxyl groups excluding tert-OH is 1. The third-order valence-corrected chi connectivity index (χ3v) is 4.87.